The van der Waals surface area contributed by atoms with Crippen molar-refractivity contribution in [3.63, 3.8) is 0 Å². The van der Waals surface area contributed by atoms with Crippen LogP contribution in [0.5, 0.6) is 0 Å². The van der Waals surface area contributed by atoms with E-state index in [0.29, 0.717) is 39.4 Å². The van der Waals surface area contributed by atoms with Crippen LogP contribution < -0.4 is 15.5 Å². The van der Waals surface area contributed by atoms with Crippen molar-refractivity contribution in [3.8, 4) is 0 Å². The molecule has 0 saturated carbocycles. The molecule has 236 valence electrons. The molecule has 3 unspecified atom stereocenters. The molecule has 0 radical (unpaired) electrons. The molecule has 7 rings (SSSR count). The van der Waals surface area contributed by atoms with Crippen molar-refractivity contribution in [1.29, 1.82) is 0 Å². The quantitative estimate of drug-likeness (QED) is 0.223. The van der Waals surface area contributed by atoms with Gasteiger partial charge in [0.1, 0.15) is 0 Å². The zero-order valence-corrected chi connectivity index (χ0v) is 26.5. The van der Waals surface area contributed by atoms with Gasteiger partial charge in [-0.3, -0.25) is 39.2 Å². The third-order valence-corrected chi connectivity index (χ3v) is 9.81. The third-order valence-electron chi connectivity index (χ3n) is 9.81. The van der Waals surface area contributed by atoms with Crippen LogP contribution in [0, 0.1) is 0 Å². The van der Waals surface area contributed by atoms with E-state index in [0.717, 1.165) is 42.6 Å². The Morgan fingerprint density at radius 2 is 1.26 bits per heavy atom. The third kappa shape index (κ3) is 4.67. The maximum Gasteiger partial charge on any atom is 0.262 e. The summed E-state index contributed by atoms with van der Waals surface area (Å²) in [6.07, 6.45) is -1.07. The van der Waals surface area contributed by atoms with E-state index in [2.05, 4.69) is 21.6 Å². The summed E-state index contributed by atoms with van der Waals surface area (Å²) in [6, 6.07) is 20.6. The molecule has 1 saturated heterocycles. The number of nitrogens with one attached hydrogen (secondary N) is 2. The van der Waals surface area contributed by atoms with Crippen LogP contribution in [-0.4, -0.2) is 90.1 Å². The van der Waals surface area contributed by atoms with Gasteiger partial charge in [0.15, 0.2) is 0 Å². The molecular formula is C36H38N6O4. The number of hydrogen-bond donors (Lipinski definition) is 2. The molecule has 0 aromatic heterocycles. The van der Waals surface area contributed by atoms with Gasteiger partial charge in [-0.15, -0.1) is 0 Å². The van der Waals surface area contributed by atoms with Crippen molar-refractivity contribution in [1.82, 2.24) is 25.3 Å². The Kier molecular flexibility index (Phi) is 7.59. The Morgan fingerprint density at radius 3 is 1.85 bits per heavy atom. The van der Waals surface area contributed by atoms with Gasteiger partial charge in [-0.2, -0.15) is 0 Å². The van der Waals surface area contributed by atoms with E-state index in [-0.39, 0.29) is 29.8 Å². The molecule has 3 aliphatic rings. The van der Waals surface area contributed by atoms with Gasteiger partial charge in [0.05, 0.1) is 24.1 Å². The van der Waals surface area contributed by atoms with Crippen LogP contribution in [0.2, 0.25) is 0 Å². The van der Waals surface area contributed by atoms with Crippen LogP contribution in [-0.2, 0) is 0 Å². The van der Waals surface area contributed by atoms with Crippen molar-refractivity contribution in [2.24, 2.45) is 0 Å². The fourth-order valence-corrected chi connectivity index (χ4v) is 7.28. The normalized spacial score (nSPS) is 18.6. The molecule has 46 heavy (non-hydrogen) atoms. The Morgan fingerprint density at radius 1 is 0.739 bits per heavy atom. The van der Waals surface area contributed by atoms with Crippen molar-refractivity contribution >= 4 is 50.9 Å². The highest BCUT2D eigenvalue weighted by Crippen LogP contribution is 2.36. The minimum absolute atomic E-state index is 0.334. The fourth-order valence-electron chi connectivity index (χ4n) is 7.28. The van der Waals surface area contributed by atoms with Crippen LogP contribution in [0.3, 0.4) is 0 Å². The number of nitrogens with zero attached hydrogens (tertiary/aromatic N) is 4. The number of carbonyl (C=O) groups excluding carboxylic acids is 4. The van der Waals surface area contributed by atoms with Gasteiger partial charge in [0.25, 0.3) is 23.6 Å². The maximum atomic E-state index is 14.2. The summed E-state index contributed by atoms with van der Waals surface area (Å²) in [7, 11) is 1.85. The molecule has 0 bridgehead atoms. The predicted octanol–water partition coefficient (Wildman–Crippen LogP) is 4.24. The number of amides is 4. The van der Waals surface area contributed by atoms with Gasteiger partial charge in [0, 0.05) is 59.3 Å². The number of piperazine rings is 1. The van der Waals surface area contributed by atoms with E-state index in [1.165, 1.54) is 9.80 Å². The van der Waals surface area contributed by atoms with E-state index < -0.39 is 12.3 Å². The largest absolute Gasteiger partial charge is 0.369 e. The summed E-state index contributed by atoms with van der Waals surface area (Å²) in [5, 5.41) is 9.92. The van der Waals surface area contributed by atoms with E-state index in [1.807, 2.05) is 68.3 Å². The summed E-state index contributed by atoms with van der Waals surface area (Å²) in [5.41, 5.74) is 2.99. The molecular weight excluding hydrogens is 580 g/mol. The first-order valence-electron chi connectivity index (χ1n) is 16.0. The Hall–Kier alpha value is -4.64. The molecule has 0 aliphatic carbocycles. The summed E-state index contributed by atoms with van der Waals surface area (Å²) in [5.74, 6) is -1.39. The lowest BCUT2D eigenvalue weighted by atomic mass is 9.92. The molecule has 3 atom stereocenters. The molecule has 1 fully saturated rings. The maximum absolute atomic E-state index is 14.2. The fraction of sp³-hybridized carbons (Fsp3) is 0.333. The molecule has 10 nitrogen and oxygen atoms in total. The smallest absolute Gasteiger partial charge is 0.262 e. The molecule has 4 aromatic carbocycles. The monoisotopic (exact) mass is 618 g/mol. The van der Waals surface area contributed by atoms with Crippen LogP contribution in [0.1, 0.15) is 68.6 Å². The second-order valence-electron chi connectivity index (χ2n) is 12.4. The van der Waals surface area contributed by atoms with Crippen molar-refractivity contribution < 1.29 is 19.2 Å². The summed E-state index contributed by atoms with van der Waals surface area (Å²) < 4.78 is 0. The second-order valence-corrected chi connectivity index (χ2v) is 12.4. The van der Waals surface area contributed by atoms with Crippen LogP contribution in [0.25, 0.3) is 21.5 Å². The average Bonchev–Trinajstić information content (AvgIpc) is 3.08. The van der Waals surface area contributed by atoms with Crippen molar-refractivity contribution in [3.05, 3.63) is 89.0 Å². The highest BCUT2D eigenvalue weighted by Gasteiger charge is 2.41. The summed E-state index contributed by atoms with van der Waals surface area (Å²) in [4.78, 5) is 62.3. The van der Waals surface area contributed by atoms with E-state index in [1.54, 1.807) is 25.1 Å². The van der Waals surface area contributed by atoms with Gasteiger partial charge < -0.3 is 10.2 Å². The van der Waals surface area contributed by atoms with Gasteiger partial charge >= 0.3 is 0 Å². The molecule has 2 N–H and O–H groups in total. The number of anilines is 1. The SMILES string of the molecule is CCC(NC(C)N1C(=O)c2cccc3cccc(c23)C1=O)N(C)C(C)N1C(=O)c2cccc3cc(N4CCNCC4)cc(c23)C1=O. The van der Waals surface area contributed by atoms with Crippen LogP contribution >= 0.6 is 0 Å². The number of carbonyl (C=O) groups is 4. The topological polar surface area (TPSA) is 105 Å². The Balaban J connectivity index is 1.15. The van der Waals surface area contributed by atoms with Crippen LogP contribution in [0.15, 0.2) is 66.7 Å². The molecule has 4 aromatic rings. The number of imide groups is 2. The van der Waals surface area contributed by atoms with Gasteiger partial charge in [-0.25, -0.2) is 0 Å². The predicted molar refractivity (Wildman–Crippen MR) is 178 cm³/mol. The lowest BCUT2D eigenvalue weighted by Crippen LogP contribution is -2.61. The van der Waals surface area contributed by atoms with Crippen LogP contribution in [0.4, 0.5) is 5.69 Å². The first kappa shape index (κ1) is 30.0. The second kappa shape index (κ2) is 11.6. The zero-order valence-electron chi connectivity index (χ0n) is 26.5. The zero-order chi connectivity index (χ0) is 32.3. The van der Waals surface area contributed by atoms with Gasteiger partial charge in [-0.05, 0) is 68.4 Å². The summed E-state index contributed by atoms with van der Waals surface area (Å²) in [6.45, 7) is 9.03. The van der Waals surface area contributed by atoms with E-state index in [4.69, 9.17) is 0 Å². The molecule has 0 spiro atoms. The number of hydrogen-bond acceptors (Lipinski definition) is 8. The van der Waals surface area contributed by atoms with E-state index in [9.17, 15) is 19.2 Å². The summed E-state index contributed by atoms with van der Waals surface area (Å²) >= 11 is 0. The highest BCUT2D eigenvalue weighted by molar-refractivity contribution is 6.26. The highest BCUT2D eigenvalue weighted by atomic mass is 16.2. The molecule has 3 heterocycles. The van der Waals surface area contributed by atoms with Crippen molar-refractivity contribution in [2.45, 2.75) is 45.7 Å². The standard InChI is InChI=1S/C36H38N6O4/c1-5-30(38-21(2)41-33(43)26-12-6-9-23-10-7-13-27(31(23)26)34(41)44)39(4)22(3)42-35(45)28-14-8-11-24-19-25(40-17-15-37-16-18-40)20-29(32(24)28)36(42)46/h6-14,19-22,30,37-38H,5,15-18H2,1-4H3. The van der Waals surface area contributed by atoms with Gasteiger partial charge in [-0.1, -0.05) is 43.3 Å². The molecule has 3 aliphatic heterocycles. The first-order chi connectivity index (χ1) is 22.2. The average molecular weight is 619 g/mol. The lowest BCUT2D eigenvalue weighted by Gasteiger charge is -2.42. The number of rotatable bonds is 8. The molecule has 4 amide bonds. The minimum Gasteiger partial charge on any atom is -0.369 e. The minimum atomic E-state index is -0.660. The Labute approximate surface area is 267 Å². The Bertz CT molecular complexity index is 1870. The van der Waals surface area contributed by atoms with Crippen molar-refractivity contribution in [2.75, 3.05) is 38.1 Å². The van der Waals surface area contributed by atoms with E-state index >= 15 is 0 Å². The van der Waals surface area contributed by atoms with Gasteiger partial charge in [0.2, 0.25) is 0 Å². The molecule has 10 heteroatoms. The number of benzene rings is 4. The first-order valence-corrected chi connectivity index (χ1v) is 16.0. The lowest BCUT2D eigenvalue weighted by molar-refractivity contribution is 0.0153.